The molecule has 2 aromatic heterocycles. The predicted molar refractivity (Wildman–Crippen MR) is 158 cm³/mol. The van der Waals surface area contributed by atoms with Gasteiger partial charge in [-0.3, -0.25) is 19.6 Å². The summed E-state index contributed by atoms with van der Waals surface area (Å²) in [6.07, 6.45) is 3.28. The number of carbonyl (C=O) groups is 4. The Kier molecular flexibility index (Phi) is 9.28. The lowest BCUT2D eigenvalue weighted by Crippen LogP contribution is -2.52. The highest BCUT2D eigenvalue weighted by molar-refractivity contribution is 7.21. The van der Waals surface area contributed by atoms with Crippen LogP contribution in [0.2, 0.25) is 0 Å². The van der Waals surface area contributed by atoms with Crippen LogP contribution in [0.15, 0.2) is 60.7 Å². The van der Waals surface area contributed by atoms with Crippen LogP contribution in [-0.4, -0.2) is 59.5 Å². The highest BCUT2D eigenvalue weighted by Crippen LogP contribution is 2.27. The van der Waals surface area contributed by atoms with Gasteiger partial charge in [0.15, 0.2) is 0 Å². The van der Waals surface area contributed by atoms with E-state index >= 15 is 0 Å². The molecule has 11 heteroatoms. The van der Waals surface area contributed by atoms with Crippen LogP contribution in [0, 0.1) is 5.92 Å². The summed E-state index contributed by atoms with van der Waals surface area (Å²) in [5, 5.41) is 13.4. The van der Waals surface area contributed by atoms with Crippen LogP contribution < -0.4 is 10.8 Å². The minimum absolute atomic E-state index is 0.257. The molecule has 41 heavy (non-hydrogen) atoms. The topological polar surface area (TPSA) is 125 Å². The Morgan fingerprint density at radius 1 is 0.927 bits per heavy atom. The summed E-state index contributed by atoms with van der Waals surface area (Å²) in [5.41, 5.74) is 1.65. The molecule has 1 aliphatic heterocycles. The number of carbonyl (C=O) groups excluding carboxylic acids is 4. The van der Waals surface area contributed by atoms with Crippen molar-refractivity contribution in [2.24, 2.45) is 5.92 Å². The van der Waals surface area contributed by atoms with Crippen LogP contribution in [0.3, 0.4) is 0 Å². The first-order valence-corrected chi connectivity index (χ1v) is 15.2. The van der Waals surface area contributed by atoms with Crippen molar-refractivity contribution in [3.8, 4) is 0 Å². The maximum Gasteiger partial charge on any atom is 0.348 e. The zero-order chi connectivity index (χ0) is 28.8. The van der Waals surface area contributed by atoms with E-state index in [1.807, 2.05) is 48.5 Å². The summed E-state index contributed by atoms with van der Waals surface area (Å²) in [5.74, 6) is -1.25. The molecule has 1 saturated heterocycles. The summed E-state index contributed by atoms with van der Waals surface area (Å²) in [7, 11) is 0. The average Bonchev–Trinajstić information content (AvgIpc) is 3.64. The number of ether oxygens (including phenoxy) is 1. The molecule has 1 aliphatic rings. The third-order valence-corrected chi connectivity index (χ3v) is 9.54. The Hall–Kier alpha value is -3.80. The Labute approximate surface area is 245 Å². The summed E-state index contributed by atoms with van der Waals surface area (Å²) in [6.45, 7) is 0.739. The van der Waals surface area contributed by atoms with E-state index in [0.29, 0.717) is 35.2 Å². The predicted octanol–water partition coefficient (Wildman–Crippen LogP) is 4.99. The summed E-state index contributed by atoms with van der Waals surface area (Å²) < 4.78 is 7.52. The summed E-state index contributed by atoms with van der Waals surface area (Å²) in [4.78, 5) is 53.7. The number of benzene rings is 2. The summed E-state index contributed by atoms with van der Waals surface area (Å²) in [6, 6.07) is 17.9. The molecule has 1 fully saturated rings. The van der Waals surface area contributed by atoms with Crippen molar-refractivity contribution in [2.45, 2.75) is 38.1 Å². The average molecular weight is 594 g/mol. The number of esters is 1. The molecule has 9 nitrogen and oxygen atoms in total. The number of fused-ring (bicyclic) bond motifs is 2. The maximum atomic E-state index is 13.6. The van der Waals surface area contributed by atoms with Gasteiger partial charge in [-0.2, -0.15) is 0 Å². The number of piperidine rings is 1. The molecule has 0 saturated carbocycles. The molecule has 0 radical (unpaired) electrons. The molecule has 214 valence electrons. The van der Waals surface area contributed by atoms with Crippen LogP contribution in [-0.2, 0) is 14.3 Å². The van der Waals surface area contributed by atoms with Gasteiger partial charge in [-0.05, 0) is 66.6 Å². The van der Waals surface area contributed by atoms with Crippen molar-refractivity contribution in [3.05, 3.63) is 70.4 Å². The second-order valence-corrected chi connectivity index (χ2v) is 12.3. The van der Waals surface area contributed by atoms with Gasteiger partial charge in [-0.15, -0.1) is 22.7 Å². The number of nitrogens with zero attached hydrogens (tertiary/aromatic N) is 1. The highest BCUT2D eigenvalue weighted by atomic mass is 32.1. The van der Waals surface area contributed by atoms with Gasteiger partial charge in [0.25, 0.3) is 5.91 Å². The van der Waals surface area contributed by atoms with E-state index in [2.05, 4.69) is 5.32 Å². The second kappa shape index (κ2) is 13.2. The Balaban J connectivity index is 1.24. The molecule has 4 aromatic rings. The normalized spacial score (nSPS) is 14.6. The third-order valence-electron chi connectivity index (χ3n) is 7.33. The lowest BCUT2D eigenvalue weighted by molar-refractivity contribution is -0.135. The lowest BCUT2D eigenvalue weighted by Gasteiger charge is -2.34. The van der Waals surface area contributed by atoms with Crippen LogP contribution in [0.25, 0.3) is 20.2 Å². The summed E-state index contributed by atoms with van der Waals surface area (Å²) >= 11 is 2.66. The fraction of sp³-hybridized carbons (Fsp3) is 0.333. The minimum Gasteiger partial charge on any atom is -0.459 e. The van der Waals surface area contributed by atoms with E-state index in [1.54, 1.807) is 22.5 Å². The maximum absolute atomic E-state index is 13.6. The highest BCUT2D eigenvalue weighted by Gasteiger charge is 2.31. The van der Waals surface area contributed by atoms with Gasteiger partial charge in [0.05, 0.1) is 4.88 Å². The van der Waals surface area contributed by atoms with Gasteiger partial charge < -0.3 is 15.0 Å². The Morgan fingerprint density at radius 2 is 1.54 bits per heavy atom. The van der Waals surface area contributed by atoms with Crippen molar-refractivity contribution in [1.82, 2.24) is 15.7 Å². The second-order valence-electron chi connectivity index (χ2n) is 10.1. The van der Waals surface area contributed by atoms with Crippen molar-refractivity contribution in [1.29, 1.82) is 0 Å². The molecule has 0 unspecified atom stereocenters. The van der Waals surface area contributed by atoms with Gasteiger partial charge in [-0.25, -0.2) is 10.3 Å². The van der Waals surface area contributed by atoms with Crippen molar-refractivity contribution in [3.63, 3.8) is 0 Å². The monoisotopic (exact) mass is 593 g/mol. The molecule has 1 atom stereocenters. The van der Waals surface area contributed by atoms with Crippen LogP contribution in [0.4, 0.5) is 0 Å². The van der Waals surface area contributed by atoms with E-state index in [4.69, 9.17) is 9.94 Å². The molecule has 3 heterocycles. The standard InChI is InChI=1S/C30H31N3O6S2/c34-27(32-38)11-5-6-19-12-14-33(15-13-19)29(36)22(31-28(35)25-16-20-7-1-3-9-23(20)40-25)18-39-30(37)26-17-21-8-2-4-10-24(21)41-26/h1-4,7-10,16-17,19,22,38H,5-6,11-15,18H2,(H,31,35)(H,32,34)/t22-/m1/s1. The van der Waals surface area contributed by atoms with Crippen LogP contribution in [0.5, 0.6) is 0 Å². The molecule has 3 N–H and O–H groups in total. The van der Waals surface area contributed by atoms with Crippen LogP contribution in [0.1, 0.15) is 51.4 Å². The van der Waals surface area contributed by atoms with Crippen LogP contribution >= 0.6 is 22.7 Å². The first-order chi connectivity index (χ1) is 19.9. The third kappa shape index (κ3) is 7.10. The first-order valence-electron chi connectivity index (χ1n) is 13.6. The Morgan fingerprint density at radius 3 is 2.17 bits per heavy atom. The number of hydrogen-bond acceptors (Lipinski definition) is 8. The van der Waals surface area contributed by atoms with Crippen molar-refractivity contribution in [2.75, 3.05) is 19.7 Å². The number of hydroxylamine groups is 1. The van der Waals surface area contributed by atoms with E-state index in [0.717, 1.165) is 39.4 Å². The quantitative estimate of drug-likeness (QED) is 0.135. The molecule has 0 bridgehead atoms. The number of hydrogen-bond donors (Lipinski definition) is 3. The van der Waals surface area contributed by atoms with Gasteiger partial charge in [-0.1, -0.05) is 36.4 Å². The van der Waals surface area contributed by atoms with E-state index in [-0.39, 0.29) is 24.8 Å². The van der Waals surface area contributed by atoms with E-state index in [9.17, 15) is 19.2 Å². The Bertz CT molecular complexity index is 1490. The number of nitrogens with one attached hydrogen (secondary N) is 2. The minimum atomic E-state index is -1.03. The molecular weight excluding hydrogens is 562 g/mol. The molecule has 0 spiro atoms. The number of likely N-dealkylation sites (tertiary alicyclic amines) is 1. The molecule has 5 rings (SSSR count). The molecule has 0 aliphatic carbocycles. The zero-order valence-electron chi connectivity index (χ0n) is 22.3. The fourth-order valence-corrected chi connectivity index (χ4v) is 7.00. The zero-order valence-corrected chi connectivity index (χ0v) is 24.0. The first kappa shape index (κ1) is 28.7. The SMILES string of the molecule is O=C(CCCC1CCN(C(=O)[C@@H](COC(=O)c2cc3ccccc3s2)NC(=O)c2cc3ccccc3s2)CC1)NO. The van der Waals surface area contributed by atoms with E-state index < -0.39 is 17.9 Å². The van der Waals surface area contributed by atoms with Gasteiger partial charge in [0, 0.05) is 28.9 Å². The van der Waals surface area contributed by atoms with Gasteiger partial charge in [0.1, 0.15) is 17.5 Å². The smallest absolute Gasteiger partial charge is 0.348 e. The largest absolute Gasteiger partial charge is 0.459 e. The van der Waals surface area contributed by atoms with Crippen molar-refractivity contribution >= 4 is 66.5 Å². The van der Waals surface area contributed by atoms with Gasteiger partial charge in [0.2, 0.25) is 11.8 Å². The molecular formula is C30H31N3O6S2. The number of thiophene rings is 2. The fourth-order valence-electron chi connectivity index (χ4n) is 5.08. The van der Waals surface area contributed by atoms with Crippen molar-refractivity contribution < 1.29 is 29.1 Å². The lowest BCUT2D eigenvalue weighted by atomic mass is 9.91. The van der Waals surface area contributed by atoms with Gasteiger partial charge >= 0.3 is 5.97 Å². The number of rotatable bonds is 10. The number of amides is 3. The van der Waals surface area contributed by atoms with E-state index in [1.165, 1.54) is 22.7 Å². The molecule has 2 aromatic carbocycles. The molecule has 3 amide bonds.